The van der Waals surface area contributed by atoms with Crippen LogP contribution in [0.1, 0.15) is 6.42 Å². The predicted octanol–water partition coefficient (Wildman–Crippen LogP) is 2.89. The molecule has 0 bridgehead atoms. The molecular formula is C16H26FIN4S. The van der Waals surface area contributed by atoms with Gasteiger partial charge >= 0.3 is 0 Å². The van der Waals surface area contributed by atoms with Gasteiger partial charge in [0.1, 0.15) is 5.82 Å². The maximum absolute atomic E-state index is 13.8. The van der Waals surface area contributed by atoms with E-state index < -0.39 is 0 Å². The van der Waals surface area contributed by atoms with Gasteiger partial charge in [0.25, 0.3) is 0 Å². The zero-order valence-corrected chi connectivity index (χ0v) is 16.9. The van der Waals surface area contributed by atoms with Crippen LogP contribution in [-0.4, -0.2) is 62.6 Å². The minimum atomic E-state index is -0.143. The molecule has 1 heterocycles. The molecule has 1 aromatic carbocycles. The third-order valence-electron chi connectivity index (χ3n) is 3.79. The Morgan fingerprint density at radius 3 is 2.57 bits per heavy atom. The summed E-state index contributed by atoms with van der Waals surface area (Å²) in [5, 5.41) is 3.41. The van der Waals surface area contributed by atoms with E-state index in [9.17, 15) is 4.39 Å². The van der Waals surface area contributed by atoms with Crippen molar-refractivity contribution in [1.29, 1.82) is 0 Å². The Kier molecular flexibility index (Phi) is 9.69. The normalized spacial score (nSPS) is 15.3. The molecule has 1 fully saturated rings. The Morgan fingerprint density at radius 1 is 1.26 bits per heavy atom. The average Bonchev–Trinajstić information content (AvgIpc) is 2.56. The van der Waals surface area contributed by atoms with Gasteiger partial charge < -0.3 is 15.1 Å². The monoisotopic (exact) mass is 452 g/mol. The number of benzene rings is 1. The highest BCUT2D eigenvalue weighted by atomic mass is 127. The first-order chi connectivity index (χ1) is 10.8. The van der Waals surface area contributed by atoms with Gasteiger partial charge in [-0.1, -0.05) is 12.1 Å². The Morgan fingerprint density at radius 2 is 1.96 bits per heavy atom. The van der Waals surface area contributed by atoms with E-state index in [2.05, 4.69) is 26.4 Å². The Balaban J connectivity index is 0.00000264. The number of piperazine rings is 1. The number of rotatable bonds is 5. The van der Waals surface area contributed by atoms with Crippen molar-refractivity contribution >= 4 is 47.4 Å². The molecule has 0 radical (unpaired) electrons. The fourth-order valence-electron chi connectivity index (χ4n) is 2.62. The van der Waals surface area contributed by atoms with E-state index in [0.29, 0.717) is 5.69 Å². The molecular weight excluding hydrogens is 426 g/mol. The van der Waals surface area contributed by atoms with Crippen molar-refractivity contribution in [3.63, 3.8) is 0 Å². The Labute approximate surface area is 159 Å². The second-order valence-electron chi connectivity index (χ2n) is 5.25. The van der Waals surface area contributed by atoms with Gasteiger partial charge in [-0.25, -0.2) is 4.39 Å². The number of hydrogen-bond donors (Lipinski definition) is 1. The number of anilines is 1. The molecule has 0 amide bonds. The lowest BCUT2D eigenvalue weighted by Gasteiger charge is -2.37. The highest BCUT2D eigenvalue weighted by Crippen LogP contribution is 2.20. The summed E-state index contributed by atoms with van der Waals surface area (Å²) in [6.07, 6.45) is 3.26. The van der Waals surface area contributed by atoms with E-state index in [1.54, 1.807) is 6.07 Å². The summed E-state index contributed by atoms with van der Waals surface area (Å²) in [4.78, 5) is 8.71. The lowest BCUT2D eigenvalue weighted by molar-refractivity contribution is 0.371. The topological polar surface area (TPSA) is 30.9 Å². The summed E-state index contributed by atoms with van der Waals surface area (Å²) in [7, 11) is 1.82. The third kappa shape index (κ3) is 6.02. The van der Waals surface area contributed by atoms with Gasteiger partial charge in [-0.3, -0.25) is 4.99 Å². The molecule has 1 aromatic rings. The molecule has 7 heteroatoms. The minimum Gasteiger partial charge on any atom is -0.366 e. The quantitative estimate of drug-likeness (QED) is 0.322. The number of hydrogen-bond acceptors (Lipinski definition) is 3. The number of aliphatic imine (C=N–C) groups is 1. The molecule has 23 heavy (non-hydrogen) atoms. The lowest BCUT2D eigenvalue weighted by Crippen LogP contribution is -2.52. The highest BCUT2D eigenvalue weighted by Gasteiger charge is 2.21. The van der Waals surface area contributed by atoms with Gasteiger partial charge in [-0.2, -0.15) is 11.8 Å². The lowest BCUT2D eigenvalue weighted by atomic mass is 10.2. The number of thioether (sulfide) groups is 1. The first kappa shape index (κ1) is 20.3. The van der Waals surface area contributed by atoms with Crippen molar-refractivity contribution in [2.24, 2.45) is 4.99 Å². The van der Waals surface area contributed by atoms with Gasteiger partial charge in [0, 0.05) is 39.8 Å². The van der Waals surface area contributed by atoms with E-state index in [0.717, 1.165) is 50.9 Å². The molecule has 4 nitrogen and oxygen atoms in total. The Bertz CT molecular complexity index is 493. The molecule has 130 valence electrons. The zero-order chi connectivity index (χ0) is 15.8. The first-order valence-electron chi connectivity index (χ1n) is 7.70. The van der Waals surface area contributed by atoms with Crippen molar-refractivity contribution in [3.05, 3.63) is 30.1 Å². The zero-order valence-electron chi connectivity index (χ0n) is 13.8. The molecule has 0 saturated carbocycles. The van der Waals surface area contributed by atoms with E-state index in [-0.39, 0.29) is 29.8 Å². The van der Waals surface area contributed by atoms with Crippen LogP contribution in [0.2, 0.25) is 0 Å². The number of guanidine groups is 1. The summed E-state index contributed by atoms with van der Waals surface area (Å²) in [5.74, 6) is 1.97. The van der Waals surface area contributed by atoms with Crippen LogP contribution in [0.3, 0.4) is 0 Å². The van der Waals surface area contributed by atoms with Crippen molar-refractivity contribution in [2.45, 2.75) is 6.42 Å². The van der Waals surface area contributed by atoms with Crippen LogP contribution < -0.4 is 10.2 Å². The number of nitrogens with one attached hydrogen (secondary N) is 1. The van der Waals surface area contributed by atoms with E-state index in [1.165, 1.54) is 6.07 Å². The molecule has 1 saturated heterocycles. The smallest absolute Gasteiger partial charge is 0.193 e. The Hall–Kier alpha value is -0.700. The van der Waals surface area contributed by atoms with Gasteiger partial charge in [0.2, 0.25) is 0 Å². The summed E-state index contributed by atoms with van der Waals surface area (Å²) in [6.45, 7) is 4.28. The molecule has 1 aliphatic heterocycles. The van der Waals surface area contributed by atoms with Crippen molar-refractivity contribution < 1.29 is 4.39 Å². The van der Waals surface area contributed by atoms with Gasteiger partial charge in [-0.15, -0.1) is 24.0 Å². The molecule has 1 aliphatic rings. The summed E-state index contributed by atoms with van der Waals surface area (Å²) in [6, 6.07) is 6.99. The van der Waals surface area contributed by atoms with Gasteiger partial charge in [0.05, 0.1) is 5.69 Å². The van der Waals surface area contributed by atoms with Crippen molar-refractivity contribution in [2.75, 3.05) is 56.7 Å². The van der Waals surface area contributed by atoms with Crippen LogP contribution in [-0.2, 0) is 0 Å². The SMILES string of the molecule is CN=C(NCCCSC)N1CCN(c2ccccc2F)CC1.I. The first-order valence-corrected chi connectivity index (χ1v) is 9.09. The number of nitrogens with zero attached hydrogens (tertiary/aromatic N) is 3. The maximum Gasteiger partial charge on any atom is 0.193 e. The van der Waals surface area contributed by atoms with Crippen LogP contribution in [0.15, 0.2) is 29.3 Å². The van der Waals surface area contributed by atoms with E-state index >= 15 is 0 Å². The van der Waals surface area contributed by atoms with Crippen LogP contribution in [0, 0.1) is 5.82 Å². The molecule has 0 spiro atoms. The molecule has 0 unspecified atom stereocenters. The number of halogens is 2. The van der Waals surface area contributed by atoms with E-state index in [1.807, 2.05) is 30.9 Å². The highest BCUT2D eigenvalue weighted by molar-refractivity contribution is 14.0. The molecule has 0 aliphatic carbocycles. The number of para-hydroxylation sites is 1. The van der Waals surface area contributed by atoms with Crippen LogP contribution in [0.5, 0.6) is 0 Å². The van der Waals surface area contributed by atoms with Gasteiger partial charge in [-0.05, 0) is 30.6 Å². The molecule has 0 aromatic heterocycles. The fourth-order valence-corrected chi connectivity index (χ4v) is 3.05. The van der Waals surface area contributed by atoms with Crippen LogP contribution >= 0.6 is 35.7 Å². The molecule has 2 rings (SSSR count). The van der Waals surface area contributed by atoms with E-state index in [4.69, 9.17) is 0 Å². The second kappa shape index (κ2) is 11.0. The largest absolute Gasteiger partial charge is 0.366 e. The van der Waals surface area contributed by atoms with Crippen LogP contribution in [0.4, 0.5) is 10.1 Å². The summed E-state index contributed by atoms with van der Waals surface area (Å²) in [5.41, 5.74) is 0.699. The maximum atomic E-state index is 13.8. The standard InChI is InChI=1S/C16H25FN4S.HI/c1-18-16(19-8-5-13-22-2)21-11-9-20(10-12-21)15-7-4-3-6-14(15)17;/h3-4,6-7H,5,8-13H2,1-2H3,(H,18,19);1H. The summed E-state index contributed by atoms with van der Waals surface area (Å²) < 4.78 is 13.8. The van der Waals surface area contributed by atoms with Crippen molar-refractivity contribution in [1.82, 2.24) is 10.2 Å². The summed E-state index contributed by atoms with van der Waals surface area (Å²) >= 11 is 1.86. The minimum absolute atomic E-state index is 0. The fraction of sp³-hybridized carbons (Fsp3) is 0.562. The van der Waals surface area contributed by atoms with Gasteiger partial charge in [0.15, 0.2) is 5.96 Å². The predicted molar refractivity (Wildman–Crippen MR) is 110 cm³/mol. The molecule has 0 atom stereocenters. The second-order valence-corrected chi connectivity index (χ2v) is 6.23. The van der Waals surface area contributed by atoms with Crippen molar-refractivity contribution in [3.8, 4) is 0 Å². The molecule has 1 N–H and O–H groups in total. The van der Waals surface area contributed by atoms with Crippen LogP contribution in [0.25, 0.3) is 0 Å². The average molecular weight is 452 g/mol. The third-order valence-corrected chi connectivity index (χ3v) is 4.49.